The Kier molecular flexibility index (Phi) is 18.7. The molecule has 0 aromatic heterocycles. The molecule has 0 spiro atoms. The zero-order chi connectivity index (χ0) is 16.6. The summed E-state index contributed by atoms with van der Waals surface area (Å²) in [7, 11) is 0. The second-order valence-corrected chi connectivity index (χ2v) is 5.11. The summed E-state index contributed by atoms with van der Waals surface area (Å²) in [5.74, 6) is -0.938. The Morgan fingerprint density at radius 3 is 2.52 bits per heavy atom. The van der Waals surface area contributed by atoms with E-state index in [4.69, 9.17) is 10.2 Å². The number of aliphatic imine (C=N–C) groups is 1. The molecule has 0 aliphatic rings. The fourth-order valence-electron chi connectivity index (χ4n) is 1.93. The van der Waals surface area contributed by atoms with Gasteiger partial charge in [0, 0.05) is 26.2 Å². The van der Waals surface area contributed by atoms with Crippen molar-refractivity contribution in [1.29, 1.82) is 0 Å². The Balaban J connectivity index is 0. The number of carboxylic acid groups (broad SMARTS) is 1. The Labute approximate surface area is 151 Å². The summed E-state index contributed by atoms with van der Waals surface area (Å²) in [6, 6.07) is 0. The predicted molar refractivity (Wildman–Crippen MR) is 86.0 cm³/mol. The minimum atomic E-state index is -0.845. The number of carbonyl (C=O) groups is 1. The van der Waals surface area contributed by atoms with Gasteiger partial charge in [-0.1, -0.05) is 19.1 Å². The van der Waals surface area contributed by atoms with Crippen molar-refractivity contribution in [2.24, 2.45) is 4.99 Å². The number of allylic oxidation sites excluding steroid dienone is 2. The molecule has 0 fully saturated rings. The van der Waals surface area contributed by atoms with Gasteiger partial charge < -0.3 is 25.2 Å². The number of nitrogens with zero attached hydrogens (tertiary/aromatic N) is 2. The molecule has 0 bridgehead atoms. The first kappa shape index (κ1) is 24.4. The van der Waals surface area contributed by atoms with Crippen LogP contribution in [-0.2, 0) is 4.79 Å². The quantitative estimate of drug-likeness (QED) is 0.127. The van der Waals surface area contributed by atoms with Gasteiger partial charge in [-0.3, -0.25) is 4.79 Å². The molecule has 0 heterocycles. The van der Waals surface area contributed by atoms with Crippen LogP contribution in [0.1, 0.15) is 45.4 Å². The summed E-state index contributed by atoms with van der Waals surface area (Å²) in [6.45, 7) is 4.12. The average molecular weight is 320 g/mol. The number of aliphatic hydroxyl groups excluding tert-OH is 1. The normalized spacial score (nSPS) is 11.9. The van der Waals surface area contributed by atoms with Gasteiger partial charge in [-0.15, -0.1) is 0 Å². The van der Waals surface area contributed by atoms with Crippen LogP contribution >= 0.6 is 0 Å². The molecule has 7 heteroatoms. The molecule has 0 unspecified atom stereocenters. The Bertz CT molecular complexity index is 349. The minimum absolute atomic E-state index is 0. The fraction of sp³-hybridized carbons (Fsp3) is 0.750. The molecular formula is C16H29LiN2O4. The molecule has 128 valence electrons. The minimum Gasteiger partial charge on any atom is -0.862 e. The Hall–Kier alpha value is -0.803. The van der Waals surface area contributed by atoms with E-state index in [0.717, 1.165) is 19.3 Å². The van der Waals surface area contributed by atoms with Crippen molar-refractivity contribution < 1.29 is 39.0 Å². The number of unbranched alkanes of at least 4 members (excludes halogenated alkanes) is 1. The molecule has 0 aliphatic heterocycles. The first-order valence-corrected chi connectivity index (χ1v) is 8.00. The van der Waals surface area contributed by atoms with Crippen LogP contribution in [0.2, 0.25) is 0 Å². The zero-order valence-corrected chi connectivity index (χ0v) is 14.5. The standard InChI is InChI=1S/C16H30N2O4.Li/c1-2-3-4-5-6-8-15(20)17-10-13-18(11-7-14-19)12-9-16(21)22;/h3-4,19H,2,5-14H2,1H3,(H,17,20)(H,21,22);/q;+1/p-1/b4-3+;. The molecule has 23 heavy (non-hydrogen) atoms. The van der Waals surface area contributed by atoms with Crippen LogP contribution in [0.25, 0.3) is 0 Å². The SMILES string of the molecule is CC/C=C/CCCC([O-])=NCCN(CCCO)CCC(=O)O.[Li+]. The van der Waals surface area contributed by atoms with Gasteiger partial charge in [-0.25, -0.2) is 0 Å². The van der Waals surface area contributed by atoms with Gasteiger partial charge in [-0.2, -0.15) is 0 Å². The third-order valence-corrected chi connectivity index (χ3v) is 3.14. The number of hydrogen-bond acceptors (Lipinski definition) is 5. The zero-order valence-electron chi connectivity index (χ0n) is 14.5. The first-order chi connectivity index (χ1) is 10.6. The summed E-state index contributed by atoms with van der Waals surface area (Å²) < 4.78 is 0. The molecule has 6 nitrogen and oxygen atoms in total. The van der Waals surface area contributed by atoms with E-state index in [1.54, 1.807) is 0 Å². The molecule has 0 radical (unpaired) electrons. The molecular weight excluding hydrogens is 291 g/mol. The third kappa shape index (κ3) is 17.4. The van der Waals surface area contributed by atoms with Gasteiger partial charge in [0.25, 0.3) is 0 Å². The monoisotopic (exact) mass is 320 g/mol. The summed E-state index contributed by atoms with van der Waals surface area (Å²) in [5, 5.41) is 29.1. The smallest absolute Gasteiger partial charge is 0.862 e. The second kappa shape index (κ2) is 17.5. The van der Waals surface area contributed by atoms with E-state index in [9.17, 15) is 9.90 Å². The van der Waals surface area contributed by atoms with Crippen LogP contribution in [0.3, 0.4) is 0 Å². The van der Waals surface area contributed by atoms with E-state index in [-0.39, 0.29) is 37.8 Å². The van der Waals surface area contributed by atoms with Gasteiger partial charge in [0.2, 0.25) is 0 Å². The molecule has 0 saturated carbocycles. The summed E-state index contributed by atoms with van der Waals surface area (Å²) >= 11 is 0. The van der Waals surface area contributed by atoms with Crippen LogP contribution in [0.15, 0.2) is 17.1 Å². The van der Waals surface area contributed by atoms with Crippen molar-refractivity contribution in [3.8, 4) is 0 Å². The van der Waals surface area contributed by atoms with Crippen molar-refractivity contribution in [3.05, 3.63) is 12.2 Å². The van der Waals surface area contributed by atoms with E-state index in [1.165, 1.54) is 0 Å². The van der Waals surface area contributed by atoms with Gasteiger partial charge in [0.15, 0.2) is 0 Å². The molecule has 0 aromatic rings. The number of aliphatic carboxylic acids is 1. The van der Waals surface area contributed by atoms with E-state index >= 15 is 0 Å². The molecule has 0 aromatic carbocycles. The van der Waals surface area contributed by atoms with Crippen LogP contribution in [0.4, 0.5) is 0 Å². The van der Waals surface area contributed by atoms with E-state index in [1.807, 2.05) is 4.90 Å². The van der Waals surface area contributed by atoms with E-state index in [2.05, 4.69) is 24.1 Å². The maximum Gasteiger partial charge on any atom is 1.00 e. The summed E-state index contributed by atoms with van der Waals surface area (Å²) in [6.07, 6.45) is 8.00. The van der Waals surface area contributed by atoms with Crippen LogP contribution < -0.4 is 24.0 Å². The number of rotatable bonds is 14. The van der Waals surface area contributed by atoms with Gasteiger partial charge >= 0.3 is 24.8 Å². The molecule has 2 N–H and O–H groups in total. The molecule has 0 amide bonds. The van der Waals surface area contributed by atoms with E-state index < -0.39 is 5.97 Å². The Morgan fingerprint density at radius 1 is 1.17 bits per heavy atom. The molecule has 0 saturated heterocycles. The summed E-state index contributed by atoms with van der Waals surface area (Å²) in [4.78, 5) is 16.5. The average Bonchev–Trinajstić information content (AvgIpc) is 2.49. The number of aliphatic hydroxyl groups is 1. The van der Waals surface area contributed by atoms with E-state index in [0.29, 0.717) is 39.0 Å². The number of hydrogen-bond donors (Lipinski definition) is 2. The van der Waals surface area contributed by atoms with Gasteiger partial charge in [0.05, 0.1) is 13.0 Å². The Morgan fingerprint density at radius 2 is 1.91 bits per heavy atom. The van der Waals surface area contributed by atoms with Crippen molar-refractivity contribution in [2.45, 2.75) is 45.4 Å². The van der Waals surface area contributed by atoms with Crippen LogP contribution in [0, 0.1) is 0 Å². The molecule has 0 aliphatic carbocycles. The maximum absolute atomic E-state index is 11.6. The van der Waals surface area contributed by atoms with Crippen molar-refractivity contribution >= 4 is 11.9 Å². The van der Waals surface area contributed by atoms with Crippen LogP contribution in [-0.4, -0.2) is 59.8 Å². The molecule has 0 atom stereocenters. The third-order valence-electron chi connectivity index (χ3n) is 3.14. The first-order valence-electron chi connectivity index (χ1n) is 8.00. The van der Waals surface area contributed by atoms with Crippen LogP contribution in [0.5, 0.6) is 0 Å². The maximum atomic E-state index is 11.6. The van der Waals surface area contributed by atoms with Crippen molar-refractivity contribution in [2.75, 3.05) is 32.8 Å². The topological polar surface area (TPSA) is 96.2 Å². The number of carboxylic acids is 1. The predicted octanol–water partition coefficient (Wildman–Crippen LogP) is -1.96. The summed E-state index contributed by atoms with van der Waals surface area (Å²) in [5.41, 5.74) is 0. The van der Waals surface area contributed by atoms with Crippen molar-refractivity contribution in [1.82, 2.24) is 4.90 Å². The second-order valence-electron chi connectivity index (χ2n) is 5.11. The van der Waals surface area contributed by atoms with Gasteiger partial charge in [-0.05, 0) is 38.0 Å². The fourth-order valence-corrected chi connectivity index (χ4v) is 1.93. The van der Waals surface area contributed by atoms with Crippen molar-refractivity contribution in [3.63, 3.8) is 0 Å². The molecule has 0 rings (SSSR count). The largest absolute Gasteiger partial charge is 1.00 e. The van der Waals surface area contributed by atoms with Gasteiger partial charge in [0.1, 0.15) is 0 Å².